The monoisotopic (exact) mass is 377 g/mol. The van der Waals surface area contributed by atoms with Crippen molar-refractivity contribution in [3.8, 4) is 0 Å². The van der Waals surface area contributed by atoms with Crippen LogP contribution in [0.2, 0.25) is 0 Å². The smallest absolute Gasteiger partial charge is 0.254 e. The molecule has 0 spiro atoms. The fourth-order valence-electron chi connectivity index (χ4n) is 4.16. The van der Waals surface area contributed by atoms with E-state index in [1.165, 1.54) is 12.8 Å². The number of nitrogens with one attached hydrogen (secondary N) is 1. The summed E-state index contributed by atoms with van der Waals surface area (Å²) in [5.74, 6) is 0.534. The Kier molecular flexibility index (Phi) is 5.60. The zero-order valence-electron chi connectivity index (χ0n) is 16.1. The normalized spacial score (nSPS) is 17.6. The molecule has 1 aliphatic heterocycles. The highest BCUT2D eigenvalue weighted by Crippen LogP contribution is 2.27. The molecule has 1 heterocycles. The van der Waals surface area contributed by atoms with Gasteiger partial charge in [-0.25, -0.2) is 0 Å². The molecule has 0 atom stereocenters. The number of rotatable bonds is 4. The van der Waals surface area contributed by atoms with E-state index < -0.39 is 0 Å². The summed E-state index contributed by atoms with van der Waals surface area (Å²) in [6.45, 7) is 2.49. The van der Waals surface area contributed by atoms with E-state index in [1.807, 2.05) is 64.4 Å². The minimum Gasteiger partial charge on any atom is -0.356 e. The molecule has 146 valence electrons. The van der Waals surface area contributed by atoms with Crippen LogP contribution in [0.1, 0.15) is 36.0 Å². The van der Waals surface area contributed by atoms with Crippen LogP contribution in [0.3, 0.4) is 0 Å². The Balaban J connectivity index is 1.36. The molecular formula is C23H27N3O2. The topological polar surface area (TPSA) is 52.7 Å². The molecule has 0 bridgehead atoms. The minimum absolute atomic E-state index is 0.0321. The molecule has 2 aromatic carbocycles. The number of nitrogens with zero attached hydrogens (tertiary/aromatic N) is 2. The van der Waals surface area contributed by atoms with E-state index >= 15 is 0 Å². The maximum atomic E-state index is 12.9. The van der Waals surface area contributed by atoms with Crippen molar-refractivity contribution in [1.82, 2.24) is 9.80 Å². The van der Waals surface area contributed by atoms with Gasteiger partial charge in [-0.05, 0) is 43.2 Å². The first-order valence-corrected chi connectivity index (χ1v) is 10.2. The fraction of sp³-hybridized carbons (Fsp3) is 0.391. The molecule has 1 saturated heterocycles. The third-order valence-electron chi connectivity index (χ3n) is 5.75. The van der Waals surface area contributed by atoms with Gasteiger partial charge in [0.15, 0.2) is 0 Å². The summed E-state index contributed by atoms with van der Waals surface area (Å²) in [6, 6.07) is 17.5. The van der Waals surface area contributed by atoms with Crippen molar-refractivity contribution in [2.45, 2.75) is 25.7 Å². The molecule has 4 rings (SSSR count). The second-order valence-corrected chi connectivity index (χ2v) is 7.67. The van der Waals surface area contributed by atoms with Crippen molar-refractivity contribution in [2.24, 2.45) is 5.92 Å². The minimum atomic E-state index is 0.0321. The molecule has 0 aromatic heterocycles. The van der Waals surface area contributed by atoms with Crippen LogP contribution in [0, 0.1) is 5.92 Å². The lowest BCUT2D eigenvalue weighted by atomic mass is 10.1. The third kappa shape index (κ3) is 4.19. The maximum absolute atomic E-state index is 12.9. The second-order valence-electron chi connectivity index (χ2n) is 7.67. The first kappa shape index (κ1) is 18.5. The predicted octanol–water partition coefficient (Wildman–Crippen LogP) is 3.90. The van der Waals surface area contributed by atoms with Gasteiger partial charge in [0.1, 0.15) is 0 Å². The Morgan fingerprint density at radius 2 is 1.43 bits per heavy atom. The van der Waals surface area contributed by atoms with E-state index in [0.717, 1.165) is 24.2 Å². The molecule has 1 saturated carbocycles. The lowest BCUT2D eigenvalue weighted by molar-refractivity contribution is -0.136. The Morgan fingerprint density at radius 1 is 0.786 bits per heavy atom. The van der Waals surface area contributed by atoms with Crippen molar-refractivity contribution in [3.05, 3.63) is 60.2 Å². The predicted molar refractivity (Wildman–Crippen MR) is 111 cm³/mol. The van der Waals surface area contributed by atoms with Gasteiger partial charge in [-0.15, -0.1) is 0 Å². The molecule has 0 radical (unpaired) electrons. The number of para-hydroxylation sites is 1. The van der Waals surface area contributed by atoms with Crippen molar-refractivity contribution >= 4 is 23.2 Å². The zero-order valence-corrected chi connectivity index (χ0v) is 16.1. The number of benzene rings is 2. The van der Waals surface area contributed by atoms with Crippen LogP contribution in [-0.2, 0) is 4.79 Å². The van der Waals surface area contributed by atoms with Crippen LogP contribution in [0.4, 0.5) is 11.4 Å². The Bertz CT molecular complexity index is 823. The molecule has 0 unspecified atom stereocenters. The molecule has 1 N–H and O–H groups in total. The Morgan fingerprint density at radius 3 is 2.14 bits per heavy atom. The SMILES string of the molecule is O=C(c1cccc(Nc2ccccc2)c1)N1CCN(C(=O)C2CCCC2)CC1. The summed E-state index contributed by atoms with van der Waals surface area (Å²) in [4.78, 5) is 29.3. The van der Waals surface area contributed by atoms with Gasteiger partial charge >= 0.3 is 0 Å². The summed E-state index contributed by atoms with van der Waals surface area (Å²) in [7, 11) is 0. The lowest BCUT2D eigenvalue weighted by Gasteiger charge is -2.36. The molecule has 2 aromatic rings. The number of carbonyl (C=O) groups is 2. The second kappa shape index (κ2) is 8.46. The van der Waals surface area contributed by atoms with Crippen LogP contribution in [0.15, 0.2) is 54.6 Å². The first-order chi connectivity index (χ1) is 13.7. The Labute approximate surface area is 166 Å². The fourth-order valence-corrected chi connectivity index (χ4v) is 4.16. The van der Waals surface area contributed by atoms with Crippen LogP contribution in [-0.4, -0.2) is 47.8 Å². The van der Waals surface area contributed by atoms with E-state index in [4.69, 9.17) is 0 Å². The van der Waals surface area contributed by atoms with Gasteiger partial charge in [0.05, 0.1) is 0 Å². The van der Waals surface area contributed by atoms with Gasteiger partial charge in [-0.3, -0.25) is 9.59 Å². The number of piperazine rings is 1. The van der Waals surface area contributed by atoms with Crippen molar-refractivity contribution < 1.29 is 9.59 Å². The molecule has 2 aliphatic rings. The van der Waals surface area contributed by atoms with E-state index in [-0.39, 0.29) is 11.8 Å². The van der Waals surface area contributed by atoms with Gasteiger partial charge in [0.25, 0.3) is 5.91 Å². The number of hydrogen-bond donors (Lipinski definition) is 1. The highest BCUT2D eigenvalue weighted by molar-refractivity contribution is 5.95. The van der Waals surface area contributed by atoms with Crippen LogP contribution in [0.25, 0.3) is 0 Å². The number of anilines is 2. The van der Waals surface area contributed by atoms with Crippen molar-refractivity contribution in [2.75, 3.05) is 31.5 Å². The van der Waals surface area contributed by atoms with Gasteiger partial charge < -0.3 is 15.1 Å². The van der Waals surface area contributed by atoms with Gasteiger partial charge in [-0.2, -0.15) is 0 Å². The number of carbonyl (C=O) groups excluding carboxylic acids is 2. The van der Waals surface area contributed by atoms with Crippen molar-refractivity contribution in [3.63, 3.8) is 0 Å². The molecule has 2 fully saturated rings. The Hall–Kier alpha value is -2.82. The summed E-state index contributed by atoms with van der Waals surface area (Å²) in [5, 5.41) is 3.33. The first-order valence-electron chi connectivity index (χ1n) is 10.2. The average molecular weight is 377 g/mol. The van der Waals surface area contributed by atoms with E-state index in [2.05, 4.69) is 5.32 Å². The highest BCUT2D eigenvalue weighted by atomic mass is 16.2. The van der Waals surface area contributed by atoms with Crippen LogP contribution in [0.5, 0.6) is 0 Å². The van der Waals surface area contributed by atoms with E-state index in [1.54, 1.807) is 0 Å². The molecule has 28 heavy (non-hydrogen) atoms. The molecule has 5 heteroatoms. The van der Waals surface area contributed by atoms with Crippen LogP contribution >= 0.6 is 0 Å². The summed E-state index contributed by atoms with van der Waals surface area (Å²) in [5.41, 5.74) is 2.56. The summed E-state index contributed by atoms with van der Waals surface area (Å²) in [6.07, 6.45) is 4.39. The highest BCUT2D eigenvalue weighted by Gasteiger charge is 2.30. The van der Waals surface area contributed by atoms with Gasteiger partial charge in [-0.1, -0.05) is 37.1 Å². The van der Waals surface area contributed by atoms with Gasteiger partial charge in [0, 0.05) is 49.0 Å². The quantitative estimate of drug-likeness (QED) is 0.879. The average Bonchev–Trinajstić information content (AvgIpc) is 3.29. The molecule has 5 nitrogen and oxygen atoms in total. The van der Waals surface area contributed by atoms with Crippen LogP contribution < -0.4 is 5.32 Å². The van der Waals surface area contributed by atoms with Gasteiger partial charge in [0.2, 0.25) is 5.91 Å². The standard InChI is InChI=1S/C23H27N3O2/c27-22(18-7-4-5-8-18)25-13-15-26(16-14-25)23(28)19-9-6-12-21(17-19)24-20-10-2-1-3-11-20/h1-3,6,9-12,17-18,24H,4-5,7-8,13-16H2. The van der Waals surface area contributed by atoms with E-state index in [9.17, 15) is 9.59 Å². The summed E-state index contributed by atoms with van der Waals surface area (Å²) >= 11 is 0. The number of amides is 2. The lowest BCUT2D eigenvalue weighted by Crippen LogP contribution is -2.51. The molecular weight excluding hydrogens is 350 g/mol. The molecule has 2 amide bonds. The third-order valence-corrected chi connectivity index (χ3v) is 5.75. The zero-order chi connectivity index (χ0) is 19.3. The summed E-state index contributed by atoms with van der Waals surface area (Å²) < 4.78 is 0. The largest absolute Gasteiger partial charge is 0.356 e. The number of hydrogen-bond acceptors (Lipinski definition) is 3. The van der Waals surface area contributed by atoms with E-state index in [0.29, 0.717) is 37.6 Å². The molecule has 1 aliphatic carbocycles. The van der Waals surface area contributed by atoms with Crippen molar-refractivity contribution in [1.29, 1.82) is 0 Å². The maximum Gasteiger partial charge on any atom is 0.254 e.